The van der Waals surface area contributed by atoms with Crippen molar-refractivity contribution in [2.75, 3.05) is 38.2 Å². The Bertz CT molecular complexity index is 962. The van der Waals surface area contributed by atoms with Gasteiger partial charge in [-0.05, 0) is 36.2 Å². The molecule has 28 heavy (non-hydrogen) atoms. The molecule has 2 amide bonds. The number of thiazole rings is 1. The number of benzene rings is 2. The molecule has 146 valence electrons. The predicted octanol–water partition coefficient (Wildman–Crippen LogP) is 3.65. The number of aryl methyl sites for hydroxylation is 1. The summed E-state index contributed by atoms with van der Waals surface area (Å²) in [5.41, 5.74) is 3.34. The summed E-state index contributed by atoms with van der Waals surface area (Å²) >= 11 is 1.72. The van der Waals surface area contributed by atoms with E-state index < -0.39 is 0 Å². The lowest BCUT2D eigenvalue weighted by atomic mass is 10.2. The van der Waals surface area contributed by atoms with Crippen LogP contribution < -0.4 is 15.0 Å². The molecule has 2 aromatic carbocycles. The molecule has 1 aromatic heterocycles. The van der Waals surface area contributed by atoms with Crippen molar-refractivity contribution in [1.29, 1.82) is 0 Å². The number of carbonyl (C=O) groups excluding carboxylic acids is 1. The molecule has 0 atom stereocenters. The maximum atomic E-state index is 12.5. The van der Waals surface area contributed by atoms with Crippen molar-refractivity contribution in [2.24, 2.45) is 0 Å². The molecule has 0 bridgehead atoms. The zero-order valence-corrected chi connectivity index (χ0v) is 17.0. The van der Waals surface area contributed by atoms with E-state index in [4.69, 9.17) is 9.72 Å². The van der Waals surface area contributed by atoms with Crippen LogP contribution in [0.4, 0.5) is 9.93 Å². The summed E-state index contributed by atoms with van der Waals surface area (Å²) in [4.78, 5) is 21.4. The number of rotatable bonds is 4. The summed E-state index contributed by atoms with van der Waals surface area (Å²) in [6.45, 7) is 5.60. The Morgan fingerprint density at radius 1 is 1.14 bits per heavy atom. The number of aromatic nitrogens is 1. The maximum Gasteiger partial charge on any atom is 0.317 e. The maximum absolute atomic E-state index is 12.5. The molecule has 1 saturated heterocycles. The van der Waals surface area contributed by atoms with Gasteiger partial charge in [0, 0.05) is 32.7 Å². The standard InChI is InChI=1S/C21H24N4O2S/c1-15-4-3-5-18-19(15)23-21(28-18)25-12-10-24(11-13-25)20(26)22-14-16-6-8-17(27-2)9-7-16/h3-9H,10-14H2,1-2H3,(H,22,26). The molecule has 0 unspecified atom stereocenters. The van der Waals surface area contributed by atoms with E-state index in [0.717, 1.165) is 35.1 Å². The van der Waals surface area contributed by atoms with Crippen LogP contribution in [-0.4, -0.2) is 49.2 Å². The highest BCUT2D eigenvalue weighted by Crippen LogP contribution is 2.31. The first-order chi connectivity index (χ1) is 13.6. The molecule has 0 aliphatic carbocycles. The van der Waals surface area contributed by atoms with Crippen molar-refractivity contribution in [2.45, 2.75) is 13.5 Å². The van der Waals surface area contributed by atoms with E-state index in [0.29, 0.717) is 19.6 Å². The van der Waals surface area contributed by atoms with E-state index in [1.807, 2.05) is 29.2 Å². The number of anilines is 1. The zero-order chi connectivity index (χ0) is 19.5. The lowest BCUT2D eigenvalue weighted by Crippen LogP contribution is -2.51. The van der Waals surface area contributed by atoms with Crippen LogP contribution in [0.3, 0.4) is 0 Å². The van der Waals surface area contributed by atoms with Gasteiger partial charge in [-0.1, -0.05) is 35.6 Å². The highest BCUT2D eigenvalue weighted by Gasteiger charge is 2.23. The van der Waals surface area contributed by atoms with Crippen molar-refractivity contribution in [3.05, 3.63) is 53.6 Å². The molecule has 2 heterocycles. The zero-order valence-electron chi connectivity index (χ0n) is 16.1. The van der Waals surface area contributed by atoms with Crippen molar-refractivity contribution in [3.8, 4) is 5.75 Å². The van der Waals surface area contributed by atoms with Crippen LogP contribution in [0.15, 0.2) is 42.5 Å². The first-order valence-corrected chi connectivity index (χ1v) is 10.2. The first-order valence-electron chi connectivity index (χ1n) is 9.41. The second-order valence-corrected chi connectivity index (χ2v) is 7.91. The van der Waals surface area contributed by atoms with Crippen LogP contribution in [0.1, 0.15) is 11.1 Å². The Kier molecular flexibility index (Phi) is 5.34. The molecule has 6 nitrogen and oxygen atoms in total. The number of amides is 2. The van der Waals surface area contributed by atoms with E-state index >= 15 is 0 Å². The molecule has 1 aliphatic rings. The topological polar surface area (TPSA) is 57.7 Å². The van der Waals surface area contributed by atoms with Crippen LogP contribution in [0.2, 0.25) is 0 Å². The van der Waals surface area contributed by atoms with E-state index in [2.05, 4.69) is 35.3 Å². The van der Waals surface area contributed by atoms with E-state index in [9.17, 15) is 4.79 Å². The Balaban J connectivity index is 1.31. The summed E-state index contributed by atoms with van der Waals surface area (Å²) in [6, 6.07) is 14.0. The van der Waals surface area contributed by atoms with Crippen LogP contribution >= 0.6 is 11.3 Å². The van der Waals surface area contributed by atoms with Crippen molar-refractivity contribution < 1.29 is 9.53 Å². The molecule has 0 spiro atoms. The van der Waals surface area contributed by atoms with Crippen LogP contribution in [0.5, 0.6) is 5.75 Å². The number of para-hydroxylation sites is 1. The van der Waals surface area contributed by atoms with Crippen LogP contribution in [0, 0.1) is 6.92 Å². The van der Waals surface area contributed by atoms with E-state index in [1.165, 1.54) is 10.3 Å². The number of hydrogen-bond donors (Lipinski definition) is 1. The quantitative estimate of drug-likeness (QED) is 0.731. The summed E-state index contributed by atoms with van der Waals surface area (Å²) in [7, 11) is 1.64. The van der Waals surface area contributed by atoms with Gasteiger partial charge in [-0.15, -0.1) is 0 Å². The molecular formula is C21H24N4O2S. The molecule has 0 saturated carbocycles. The lowest BCUT2D eigenvalue weighted by molar-refractivity contribution is 0.194. The molecule has 1 aliphatic heterocycles. The number of urea groups is 1. The Labute approximate surface area is 168 Å². The van der Waals surface area contributed by atoms with Gasteiger partial charge < -0.3 is 19.9 Å². The summed E-state index contributed by atoms with van der Waals surface area (Å²) in [5, 5.41) is 4.05. The Morgan fingerprint density at radius 2 is 1.89 bits per heavy atom. The summed E-state index contributed by atoms with van der Waals surface area (Å²) < 4.78 is 6.37. The fourth-order valence-corrected chi connectivity index (χ4v) is 4.44. The second kappa shape index (κ2) is 8.06. The average molecular weight is 397 g/mol. The average Bonchev–Trinajstić information content (AvgIpc) is 3.18. The molecular weight excluding hydrogens is 372 g/mol. The molecule has 7 heteroatoms. The monoisotopic (exact) mass is 396 g/mol. The van der Waals surface area contributed by atoms with Crippen molar-refractivity contribution in [1.82, 2.24) is 15.2 Å². The minimum atomic E-state index is -0.0180. The molecule has 4 rings (SSSR count). The predicted molar refractivity (Wildman–Crippen MR) is 113 cm³/mol. The highest BCUT2D eigenvalue weighted by molar-refractivity contribution is 7.22. The number of methoxy groups -OCH3 is 1. The summed E-state index contributed by atoms with van der Waals surface area (Å²) in [6.07, 6.45) is 0. The smallest absolute Gasteiger partial charge is 0.317 e. The van der Waals surface area contributed by atoms with Crippen molar-refractivity contribution >= 4 is 32.7 Å². The number of hydrogen-bond acceptors (Lipinski definition) is 5. The van der Waals surface area contributed by atoms with E-state index in [-0.39, 0.29) is 6.03 Å². The van der Waals surface area contributed by atoms with Crippen LogP contribution in [0.25, 0.3) is 10.2 Å². The van der Waals surface area contributed by atoms with Gasteiger partial charge in [-0.3, -0.25) is 0 Å². The molecule has 1 N–H and O–H groups in total. The molecule has 0 radical (unpaired) electrons. The number of ether oxygens (including phenoxy) is 1. The number of fused-ring (bicyclic) bond motifs is 1. The van der Waals surface area contributed by atoms with Crippen molar-refractivity contribution in [3.63, 3.8) is 0 Å². The van der Waals surface area contributed by atoms with Gasteiger partial charge in [0.15, 0.2) is 5.13 Å². The van der Waals surface area contributed by atoms with Crippen LogP contribution in [-0.2, 0) is 6.54 Å². The number of piperazine rings is 1. The second-order valence-electron chi connectivity index (χ2n) is 6.90. The molecule has 3 aromatic rings. The lowest BCUT2D eigenvalue weighted by Gasteiger charge is -2.34. The van der Waals surface area contributed by atoms with Gasteiger partial charge in [-0.25, -0.2) is 9.78 Å². The fraction of sp³-hybridized carbons (Fsp3) is 0.333. The largest absolute Gasteiger partial charge is 0.497 e. The highest BCUT2D eigenvalue weighted by atomic mass is 32.1. The number of nitrogens with one attached hydrogen (secondary N) is 1. The molecule has 1 fully saturated rings. The van der Waals surface area contributed by atoms with Gasteiger partial charge in [0.2, 0.25) is 0 Å². The Morgan fingerprint density at radius 3 is 2.57 bits per heavy atom. The normalized spacial score (nSPS) is 14.4. The third-order valence-electron chi connectivity index (χ3n) is 5.05. The van der Waals surface area contributed by atoms with Gasteiger partial charge in [0.1, 0.15) is 5.75 Å². The van der Waals surface area contributed by atoms with Gasteiger partial charge in [-0.2, -0.15) is 0 Å². The first kappa shape index (κ1) is 18.6. The Hall–Kier alpha value is -2.80. The SMILES string of the molecule is COc1ccc(CNC(=O)N2CCN(c3nc4c(C)cccc4s3)CC2)cc1. The minimum Gasteiger partial charge on any atom is -0.497 e. The third kappa shape index (κ3) is 3.89. The third-order valence-corrected chi connectivity index (χ3v) is 6.13. The van der Waals surface area contributed by atoms with Gasteiger partial charge >= 0.3 is 6.03 Å². The number of nitrogens with zero attached hydrogens (tertiary/aromatic N) is 3. The van der Waals surface area contributed by atoms with Gasteiger partial charge in [0.05, 0.1) is 17.3 Å². The van der Waals surface area contributed by atoms with E-state index in [1.54, 1.807) is 18.4 Å². The summed E-state index contributed by atoms with van der Waals surface area (Å²) in [5.74, 6) is 0.816. The minimum absolute atomic E-state index is 0.0180. The fourth-order valence-electron chi connectivity index (χ4n) is 3.34. The number of carbonyl (C=O) groups is 1. The van der Waals surface area contributed by atoms with Gasteiger partial charge in [0.25, 0.3) is 0 Å².